The molecule has 0 amide bonds. The van der Waals surface area contributed by atoms with Gasteiger partial charge in [0.05, 0.1) is 13.4 Å². The lowest BCUT2D eigenvalue weighted by Gasteiger charge is -1.91. The Bertz CT molecular complexity index is 171. The first-order valence-electron chi connectivity index (χ1n) is 2.21. The van der Waals surface area contributed by atoms with Gasteiger partial charge in [0.2, 0.25) is 5.88 Å². The molecule has 1 rings (SSSR count). The smallest absolute Gasteiger partial charge is 0.232 e. The monoisotopic (exact) mass is 113 g/mol. The zero-order valence-corrected chi connectivity index (χ0v) is 4.55. The predicted octanol–water partition coefficient (Wildman–Crippen LogP) is 0.870. The van der Waals surface area contributed by atoms with Gasteiger partial charge in [-0.1, -0.05) is 0 Å². The summed E-state index contributed by atoms with van der Waals surface area (Å²) in [5.74, 6) is 0.914. The van der Waals surface area contributed by atoms with Gasteiger partial charge in [0.15, 0.2) is 5.75 Å². The minimum absolute atomic E-state index is 0.326. The standard InChI is InChI=1S/C5H7NO2/c1-7-4-2-3-8-5(4)6/h2-3H,6H2,1H3. The molecule has 0 aliphatic rings. The second-order valence-electron chi connectivity index (χ2n) is 1.35. The molecule has 0 aromatic carbocycles. The van der Waals surface area contributed by atoms with E-state index in [1.807, 2.05) is 0 Å². The van der Waals surface area contributed by atoms with Crippen molar-refractivity contribution in [2.45, 2.75) is 0 Å². The SMILES string of the molecule is COc1ccoc1N. The number of ether oxygens (including phenoxy) is 1. The molecule has 0 saturated carbocycles. The fraction of sp³-hybridized carbons (Fsp3) is 0.200. The van der Waals surface area contributed by atoms with Gasteiger partial charge in [-0.25, -0.2) is 0 Å². The molecule has 1 aromatic rings. The number of nitrogens with two attached hydrogens (primary N) is 1. The highest BCUT2D eigenvalue weighted by Crippen LogP contribution is 2.20. The highest BCUT2D eigenvalue weighted by molar-refractivity contribution is 5.41. The Kier molecular flexibility index (Phi) is 1.12. The van der Waals surface area contributed by atoms with E-state index < -0.39 is 0 Å². The van der Waals surface area contributed by atoms with Crippen LogP contribution in [-0.4, -0.2) is 7.11 Å². The van der Waals surface area contributed by atoms with Crippen LogP contribution < -0.4 is 10.5 Å². The third kappa shape index (κ3) is 0.621. The van der Waals surface area contributed by atoms with Crippen LogP contribution in [-0.2, 0) is 0 Å². The van der Waals surface area contributed by atoms with Crippen molar-refractivity contribution in [1.29, 1.82) is 0 Å². The highest BCUT2D eigenvalue weighted by Gasteiger charge is 1.97. The molecule has 0 unspecified atom stereocenters. The van der Waals surface area contributed by atoms with Crippen molar-refractivity contribution in [1.82, 2.24) is 0 Å². The Balaban J connectivity index is 2.92. The van der Waals surface area contributed by atoms with Gasteiger partial charge in [0.25, 0.3) is 0 Å². The van der Waals surface area contributed by atoms with Gasteiger partial charge in [0, 0.05) is 6.07 Å². The zero-order valence-electron chi connectivity index (χ0n) is 4.55. The minimum Gasteiger partial charge on any atom is -0.491 e. The van der Waals surface area contributed by atoms with Gasteiger partial charge in [-0.15, -0.1) is 0 Å². The number of furan rings is 1. The number of rotatable bonds is 1. The van der Waals surface area contributed by atoms with Crippen molar-refractivity contribution in [2.75, 3.05) is 12.8 Å². The van der Waals surface area contributed by atoms with E-state index in [2.05, 4.69) is 0 Å². The second kappa shape index (κ2) is 1.78. The maximum Gasteiger partial charge on any atom is 0.232 e. The molecule has 0 atom stereocenters. The fourth-order valence-corrected chi connectivity index (χ4v) is 0.478. The lowest BCUT2D eigenvalue weighted by Crippen LogP contribution is -1.85. The van der Waals surface area contributed by atoms with Crippen LogP contribution in [0.25, 0.3) is 0 Å². The summed E-state index contributed by atoms with van der Waals surface area (Å²) >= 11 is 0. The molecule has 0 aliphatic carbocycles. The van der Waals surface area contributed by atoms with Crippen molar-refractivity contribution >= 4 is 5.88 Å². The number of anilines is 1. The summed E-state index contributed by atoms with van der Waals surface area (Å²) in [6, 6.07) is 1.66. The Hall–Kier alpha value is -1.12. The highest BCUT2D eigenvalue weighted by atomic mass is 16.5. The van der Waals surface area contributed by atoms with Crippen LogP contribution in [0.3, 0.4) is 0 Å². The van der Waals surface area contributed by atoms with Crippen LogP contribution >= 0.6 is 0 Å². The maximum absolute atomic E-state index is 5.26. The molecule has 1 aromatic heterocycles. The Morgan fingerprint density at radius 1 is 1.75 bits per heavy atom. The first-order chi connectivity index (χ1) is 3.84. The van der Waals surface area contributed by atoms with E-state index in [1.54, 1.807) is 13.2 Å². The van der Waals surface area contributed by atoms with Gasteiger partial charge >= 0.3 is 0 Å². The van der Waals surface area contributed by atoms with E-state index in [-0.39, 0.29) is 0 Å². The Morgan fingerprint density at radius 2 is 2.50 bits per heavy atom. The number of hydrogen-bond donors (Lipinski definition) is 1. The molecule has 3 nitrogen and oxygen atoms in total. The minimum atomic E-state index is 0.326. The van der Waals surface area contributed by atoms with Crippen LogP contribution in [0.5, 0.6) is 5.75 Å². The number of methoxy groups -OCH3 is 1. The van der Waals surface area contributed by atoms with Gasteiger partial charge in [-0.3, -0.25) is 0 Å². The molecule has 8 heavy (non-hydrogen) atoms. The summed E-state index contributed by atoms with van der Waals surface area (Å²) in [6.45, 7) is 0. The normalized spacial score (nSPS) is 9.12. The largest absolute Gasteiger partial charge is 0.491 e. The lowest BCUT2D eigenvalue weighted by atomic mass is 10.6. The first kappa shape index (κ1) is 5.03. The van der Waals surface area contributed by atoms with E-state index in [1.165, 1.54) is 6.26 Å². The quantitative estimate of drug-likeness (QED) is 0.587. The summed E-state index contributed by atoms with van der Waals surface area (Å²) < 4.78 is 9.47. The molecule has 1 heterocycles. The molecule has 0 radical (unpaired) electrons. The van der Waals surface area contributed by atoms with Crippen LogP contribution in [0.1, 0.15) is 0 Å². The average molecular weight is 113 g/mol. The molecular weight excluding hydrogens is 106 g/mol. The number of hydrogen-bond acceptors (Lipinski definition) is 3. The molecule has 3 heteroatoms. The lowest BCUT2D eigenvalue weighted by molar-refractivity contribution is 0.411. The average Bonchev–Trinajstić information content (AvgIpc) is 2.14. The maximum atomic E-state index is 5.26. The molecule has 0 saturated heterocycles. The topological polar surface area (TPSA) is 48.4 Å². The second-order valence-corrected chi connectivity index (χ2v) is 1.35. The first-order valence-corrected chi connectivity index (χ1v) is 2.21. The third-order valence-electron chi connectivity index (χ3n) is 0.877. The molecular formula is C5H7NO2. The van der Waals surface area contributed by atoms with Crippen LogP contribution in [0.2, 0.25) is 0 Å². The summed E-state index contributed by atoms with van der Waals surface area (Å²) in [4.78, 5) is 0. The van der Waals surface area contributed by atoms with E-state index in [9.17, 15) is 0 Å². The van der Waals surface area contributed by atoms with Crippen LogP contribution in [0.15, 0.2) is 16.7 Å². The summed E-state index contributed by atoms with van der Waals surface area (Å²) in [5.41, 5.74) is 5.26. The van der Waals surface area contributed by atoms with E-state index in [0.29, 0.717) is 11.6 Å². The molecule has 0 fully saturated rings. The Morgan fingerprint density at radius 3 is 2.75 bits per heavy atom. The molecule has 0 aliphatic heterocycles. The summed E-state index contributed by atoms with van der Waals surface area (Å²) in [7, 11) is 1.54. The van der Waals surface area contributed by atoms with Crippen molar-refractivity contribution in [3.05, 3.63) is 12.3 Å². The van der Waals surface area contributed by atoms with Crippen molar-refractivity contribution < 1.29 is 9.15 Å². The third-order valence-corrected chi connectivity index (χ3v) is 0.877. The molecule has 0 bridgehead atoms. The van der Waals surface area contributed by atoms with E-state index >= 15 is 0 Å². The van der Waals surface area contributed by atoms with Gasteiger partial charge in [0.1, 0.15) is 0 Å². The van der Waals surface area contributed by atoms with Gasteiger partial charge in [-0.05, 0) is 0 Å². The predicted molar refractivity (Wildman–Crippen MR) is 29.7 cm³/mol. The molecule has 44 valence electrons. The molecule has 2 N–H and O–H groups in total. The van der Waals surface area contributed by atoms with E-state index in [4.69, 9.17) is 14.9 Å². The summed E-state index contributed by atoms with van der Waals surface area (Å²) in [5, 5.41) is 0. The van der Waals surface area contributed by atoms with Gasteiger partial charge < -0.3 is 14.9 Å². The van der Waals surface area contributed by atoms with Gasteiger partial charge in [-0.2, -0.15) is 0 Å². The van der Waals surface area contributed by atoms with Crippen molar-refractivity contribution in [2.24, 2.45) is 0 Å². The fourth-order valence-electron chi connectivity index (χ4n) is 0.478. The summed E-state index contributed by atoms with van der Waals surface area (Å²) in [6.07, 6.45) is 1.48. The Labute approximate surface area is 47.0 Å². The van der Waals surface area contributed by atoms with E-state index in [0.717, 1.165) is 0 Å². The van der Waals surface area contributed by atoms with Crippen LogP contribution in [0.4, 0.5) is 5.88 Å². The van der Waals surface area contributed by atoms with Crippen molar-refractivity contribution in [3.63, 3.8) is 0 Å². The zero-order chi connectivity index (χ0) is 5.98. The molecule has 0 spiro atoms. The van der Waals surface area contributed by atoms with Crippen LogP contribution in [0, 0.1) is 0 Å². The van der Waals surface area contributed by atoms with Crippen molar-refractivity contribution in [3.8, 4) is 5.75 Å². The number of nitrogen functional groups attached to an aromatic ring is 1.